The van der Waals surface area contributed by atoms with Crippen molar-refractivity contribution in [2.45, 2.75) is 19.5 Å². The molecule has 0 aliphatic rings. The van der Waals surface area contributed by atoms with Gasteiger partial charge in [-0.05, 0) is 42.3 Å². The Balaban J connectivity index is 2.04. The van der Waals surface area contributed by atoms with Crippen LogP contribution in [0.3, 0.4) is 0 Å². The maximum Gasteiger partial charge on any atom is 0.248 e. The zero-order valence-electron chi connectivity index (χ0n) is 11.6. The molecule has 0 radical (unpaired) electrons. The minimum Gasteiger partial charge on any atom is -0.366 e. The minimum absolute atomic E-state index is 0.0208. The second kappa shape index (κ2) is 6.70. The average molecular weight is 307 g/mol. The number of nitrogens with two attached hydrogens (primary N) is 1. The number of benzene rings is 2. The zero-order valence-corrected chi connectivity index (χ0v) is 12.3. The number of primary amides is 1. The second-order valence-corrected chi connectivity index (χ2v) is 5.24. The van der Waals surface area contributed by atoms with Crippen LogP contribution in [0.25, 0.3) is 0 Å². The summed E-state index contributed by atoms with van der Waals surface area (Å²) in [6.45, 7) is 2.45. The quantitative estimate of drug-likeness (QED) is 0.889. The molecule has 0 saturated heterocycles. The van der Waals surface area contributed by atoms with Crippen LogP contribution in [0.1, 0.15) is 34.5 Å². The Kier molecular flexibility index (Phi) is 4.94. The zero-order chi connectivity index (χ0) is 15.4. The molecule has 5 heteroatoms. The Bertz CT molecular complexity index is 660. The normalized spacial score (nSPS) is 12.1. The number of amides is 1. The van der Waals surface area contributed by atoms with Crippen molar-refractivity contribution in [1.82, 2.24) is 5.32 Å². The predicted molar refractivity (Wildman–Crippen MR) is 81.6 cm³/mol. The van der Waals surface area contributed by atoms with Crippen LogP contribution >= 0.6 is 11.6 Å². The fraction of sp³-hybridized carbons (Fsp3) is 0.188. The lowest BCUT2D eigenvalue weighted by Crippen LogP contribution is -2.18. The Morgan fingerprint density at radius 3 is 2.71 bits per heavy atom. The van der Waals surface area contributed by atoms with E-state index in [1.807, 2.05) is 13.0 Å². The molecule has 0 aliphatic carbocycles. The summed E-state index contributed by atoms with van der Waals surface area (Å²) in [5, 5.41) is 3.74. The molecule has 0 fully saturated rings. The third-order valence-electron chi connectivity index (χ3n) is 3.28. The van der Waals surface area contributed by atoms with E-state index in [0.717, 1.165) is 11.1 Å². The molecule has 1 atom stereocenters. The molecule has 3 nitrogen and oxygen atoms in total. The summed E-state index contributed by atoms with van der Waals surface area (Å²) in [6, 6.07) is 11.4. The molecule has 110 valence electrons. The summed E-state index contributed by atoms with van der Waals surface area (Å²) in [7, 11) is 0. The molecule has 0 unspecified atom stereocenters. The first kappa shape index (κ1) is 15.5. The number of halogens is 2. The van der Waals surface area contributed by atoms with Crippen molar-refractivity contribution in [1.29, 1.82) is 0 Å². The number of carbonyl (C=O) groups is 1. The van der Waals surface area contributed by atoms with Crippen LogP contribution < -0.4 is 11.1 Å². The standard InChI is InChI=1S/C16H16ClFN2O/c1-10(11-3-2-4-14(18)7-11)20-9-13-6-5-12(16(19)21)8-15(13)17/h2-8,10,20H,9H2,1H3,(H2,19,21)/t10-/m0/s1. The van der Waals surface area contributed by atoms with Gasteiger partial charge in [0.15, 0.2) is 0 Å². The van der Waals surface area contributed by atoms with Gasteiger partial charge in [-0.2, -0.15) is 0 Å². The lowest BCUT2D eigenvalue weighted by atomic mass is 10.1. The van der Waals surface area contributed by atoms with Crippen LogP contribution in [0.15, 0.2) is 42.5 Å². The lowest BCUT2D eigenvalue weighted by molar-refractivity contribution is 0.100. The van der Waals surface area contributed by atoms with E-state index < -0.39 is 5.91 Å². The second-order valence-electron chi connectivity index (χ2n) is 4.83. The molecule has 0 heterocycles. The Hall–Kier alpha value is -1.91. The lowest BCUT2D eigenvalue weighted by Gasteiger charge is -2.15. The van der Waals surface area contributed by atoms with Crippen LogP contribution in [0.5, 0.6) is 0 Å². The van der Waals surface area contributed by atoms with E-state index in [4.69, 9.17) is 17.3 Å². The molecular weight excluding hydrogens is 291 g/mol. The summed E-state index contributed by atoms with van der Waals surface area (Å²) in [6.07, 6.45) is 0. The average Bonchev–Trinajstić information content (AvgIpc) is 2.45. The van der Waals surface area contributed by atoms with Gasteiger partial charge in [0, 0.05) is 23.2 Å². The van der Waals surface area contributed by atoms with Gasteiger partial charge < -0.3 is 11.1 Å². The molecule has 0 aliphatic heterocycles. The molecule has 2 rings (SSSR count). The molecule has 0 spiro atoms. The number of hydrogen-bond acceptors (Lipinski definition) is 2. The highest BCUT2D eigenvalue weighted by atomic mass is 35.5. The Morgan fingerprint density at radius 2 is 2.10 bits per heavy atom. The summed E-state index contributed by atoms with van der Waals surface area (Å²) < 4.78 is 13.2. The highest BCUT2D eigenvalue weighted by Crippen LogP contribution is 2.20. The first-order valence-corrected chi connectivity index (χ1v) is 6.92. The summed E-state index contributed by atoms with van der Waals surface area (Å²) in [4.78, 5) is 11.1. The van der Waals surface area contributed by atoms with Gasteiger partial charge in [0.2, 0.25) is 5.91 Å². The fourth-order valence-electron chi connectivity index (χ4n) is 2.00. The Labute approximate surface area is 127 Å². The van der Waals surface area contributed by atoms with Crippen LogP contribution in [-0.4, -0.2) is 5.91 Å². The third-order valence-corrected chi connectivity index (χ3v) is 3.64. The highest BCUT2D eigenvalue weighted by Gasteiger charge is 2.09. The molecule has 2 aromatic rings. The van der Waals surface area contributed by atoms with Crippen molar-refractivity contribution >= 4 is 17.5 Å². The Morgan fingerprint density at radius 1 is 1.33 bits per heavy atom. The first-order valence-electron chi connectivity index (χ1n) is 6.54. The fourth-order valence-corrected chi connectivity index (χ4v) is 2.25. The third kappa shape index (κ3) is 4.03. The van der Waals surface area contributed by atoms with Gasteiger partial charge >= 0.3 is 0 Å². The molecule has 1 amide bonds. The van der Waals surface area contributed by atoms with Gasteiger partial charge in [-0.15, -0.1) is 0 Å². The summed E-state index contributed by atoms with van der Waals surface area (Å²) in [5.74, 6) is -0.769. The predicted octanol–water partition coefficient (Wildman–Crippen LogP) is 3.43. The van der Waals surface area contributed by atoms with Gasteiger partial charge in [-0.1, -0.05) is 29.8 Å². The molecule has 0 saturated carbocycles. The first-order chi connectivity index (χ1) is 9.97. The number of hydrogen-bond donors (Lipinski definition) is 2. The van der Waals surface area contributed by atoms with E-state index in [1.54, 1.807) is 24.3 Å². The van der Waals surface area contributed by atoms with Gasteiger partial charge in [-0.3, -0.25) is 4.79 Å². The molecular formula is C16H16ClFN2O. The van der Waals surface area contributed by atoms with Gasteiger partial charge in [0.05, 0.1) is 0 Å². The molecule has 3 N–H and O–H groups in total. The minimum atomic E-state index is -0.510. The maximum atomic E-state index is 13.2. The smallest absolute Gasteiger partial charge is 0.248 e. The van der Waals surface area contributed by atoms with Gasteiger partial charge in [0.25, 0.3) is 0 Å². The van der Waals surface area contributed by atoms with E-state index in [0.29, 0.717) is 17.1 Å². The number of carbonyl (C=O) groups excluding carboxylic acids is 1. The van der Waals surface area contributed by atoms with Crippen LogP contribution in [-0.2, 0) is 6.54 Å². The maximum absolute atomic E-state index is 13.2. The molecule has 21 heavy (non-hydrogen) atoms. The van der Waals surface area contributed by atoms with E-state index >= 15 is 0 Å². The molecule has 2 aromatic carbocycles. The molecule has 0 bridgehead atoms. The van der Waals surface area contributed by atoms with Gasteiger partial charge in [0.1, 0.15) is 5.82 Å². The number of rotatable bonds is 5. The molecule has 0 aromatic heterocycles. The van der Waals surface area contributed by atoms with Crippen molar-refractivity contribution in [2.24, 2.45) is 5.73 Å². The monoisotopic (exact) mass is 306 g/mol. The van der Waals surface area contributed by atoms with E-state index in [-0.39, 0.29) is 11.9 Å². The summed E-state index contributed by atoms with van der Waals surface area (Å²) in [5.41, 5.74) is 7.29. The van der Waals surface area contributed by atoms with E-state index in [9.17, 15) is 9.18 Å². The van der Waals surface area contributed by atoms with Crippen LogP contribution in [0.4, 0.5) is 4.39 Å². The number of nitrogens with one attached hydrogen (secondary N) is 1. The van der Waals surface area contributed by atoms with Crippen LogP contribution in [0, 0.1) is 5.82 Å². The van der Waals surface area contributed by atoms with Gasteiger partial charge in [-0.25, -0.2) is 4.39 Å². The van der Waals surface area contributed by atoms with Crippen molar-refractivity contribution in [3.05, 3.63) is 70.0 Å². The topological polar surface area (TPSA) is 55.1 Å². The van der Waals surface area contributed by atoms with Crippen LogP contribution in [0.2, 0.25) is 5.02 Å². The largest absolute Gasteiger partial charge is 0.366 e. The highest BCUT2D eigenvalue weighted by molar-refractivity contribution is 6.31. The van der Waals surface area contributed by atoms with Crippen molar-refractivity contribution in [2.75, 3.05) is 0 Å². The summed E-state index contributed by atoms with van der Waals surface area (Å²) >= 11 is 6.12. The van der Waals surface area contributed by atoms with Crippen molar-refractivity contribution in [3.8, 4) is 0 Å². The van der Waals surface area contributed by atoms with Crippen molar-refractivity contribution in [3.63, 3.8) is 0 Å². The van der Waals surface area contributed by atoms with E-state index in [1.165, 1.54) is 12.1 Å². The van der Waals surface area contributed by atoms with E-state index in [2.05, 4.69) is 5.32 Å². The van der Waals surface area contributed by atoms with Crippen molar-refractivity contribution < 1.29 is 9.18 Å². The SMILES string of the molecule is C[C@H](NCc1ccc(C(N)=O)cc1Cl)c1cccc(F)c1.